The molecule has 0 aliphatic carbocycles. The second-order valence-corrected chi connectivity index (χ2v) is 7.27. The van der Waals surface area contributed by atoms with Crippen LogP contribution in [0.3, 0.4) is 0 Å². The molecule has 0 radical (unpaired) electrons. The van der Waals surface area contributed by atoms with Crippen molar-refractivity contribution in [1.29, 1.82) is 0 Å². The average Bonchev–Trinajstić information content (AvgIpc) is 3.04. The minimum atomic E-state index is -0.892. The van der Waals surface area contributed by atoms with Gasteiger partial charge in [0.2, 0.25) is 0 Å². The van der Waals surface area contributed by atoms with Crippen molar-refractivity contribution in [2.24, 2.45) is 0 Å². The summed E-state index contributed by atoms with van der Waals surface area (Å²) in [4.78, 5) is 29.5. The van der Waals surface area contributed by atoms with Gasteiger partial charge in [-0.3, -0.25) is 9.59 Å². The molecule has 6 nitrogen and oxygen atoms in total. The van der Waals surface area contributed by atoms with Crippen LogP contribution in [0.1, 0.15) is 31.0 Å². The van der Waals surface area contributed by atoms with Gasteiger partial charge in [0.1, 0.15) is 17.3 Å². The number of carbonyl (C=O) groups is 2. The van der Waals surface area contributed by atoms with Crippen molar-refractivity contribution in [3.63, 3.8) is 0 Å². The summed E-state index contributed by atoms with van der Waals surface area (Å²) in [6.07, 6.45) is 0. The van der Waals surface area contributed by atoms with Crippen molar-refractivity contribution < 1.29 is 23.8 Å². The van der Waals surface area contributed by atoms with Crippen molar-refractivity contribution in [2.45, 2.75) is 19.9 Å². The zero-order valence-electron chi connectivity index (χ0n) is 18.0. The minimum absolute atomic E-state index is 0.0698. The van der Waals surface area contributed by atoms with Gasteiger partial charge in [0, 0.05) is 13.1 Å². The van der Waals surface area contributed by atoms with Crippen LogP contribution < -0.4 is 4.74 Å². The fraction of sp³-hybridized carbons (Fsp3) is 0.333. The predicted molar refractivity (Wildman–Crippen MR) is 116 cm³/mol. The van der Waals surface area contributed by atoms with Crippen molar-refractivity contribution in [1.82, 2.24) is 9.80 Å². The zero-order valence-corrected chi connectivity index (χ0v) is 18.0. The fourth-order valence-corrected chi connectivity index (χ4v) is 3.91. The van der Waals surface area contributed by atoms with Crippen LogP contribution in [0.2, 0.25) is 0 Å². The van der Waals surface area contributed by atoms with Crippen LogP contribution in [-0.2, 0) is 9.59 Å². The number of rotatable bonds is 8. The average molecular weight is 426 g/mol. The molecule has 1 amide bonds. The molecule has 1 N–H and O–H groups in total. The second-order valence-electron chi connectivity index (χ2n) is 7.27. The molecule has 0 aromatic heterocycles. The van der Waals surface area contributed by atoms with E-state index in [9.17, 15) is 19.1 Å². The lowest BCUT2D eigenvalue weighted by Crippen LogP contribution is -2.38. The monoisotopic (exact) mass is 426 g/mol. The Morgan fingerprint density at radius 3 is 2.48 bits per heavy atom. The first-order valence-corrected chi connectivity index (χ1v) is 10.3. The van der Waals surface area contributed by atoms with Gasteiger partial charge in [-0.25, -0.2) is 4.39 Å². The molecule has 1 heterocycles. The molecule has 3 rings (SSSR count). The van der Waals surface area contributed by atoms with Gasteiger partial charge >= 0.3 is 0 Å². The molecule has 1 atom stereocenters. The minimum Gasteiger partial charge on any atom is -0.507 e. The van der Waals surface area contributed by atoms with E-state index in [1.165, 1.54) is 30.2 Å². The Hall–Kier alpha value is -3.19. The number of hydrogen-bond acceptors (Lipinski definition) is 5. The van der Waals surface area contributed by atoms with Gasteiger partial charge in [0.15, 0.2) is 0 Å². The first-order valence-electron chi connectivity index (χ1n) is 10.3. The third kappa shape index (κ3) is 4.46. The highest BCUT2D eigenvalue weighted by atomic mass is 19.1. The maximum atomic E-state index is 14.0. The Kier molecular flexibility index (Phi) is 7.07. The number of likely N-dealkylation sites (N-methyl/N-ethyl adjacent to an activating group) is 1. The second kappa shape index (κ2) is 9.75. The summed E-state index contributed by atoms with van der Waals surface area (Å²) >= 11 is 0. The highest BCUT2D eigenvalue weighted by Gasteiger charge is 2.46. The van der Waals surface area contributed by atoms with Crippen LogP contribution >= 0.6 is 0 Å². The number of hydrogen-bond donors (Lipinski definition) is 1. The fourth-order valence-electron chi connectivity index (χ4n) is 3.91. The molecule has 1 fully saturated rings. The number of methoxy groups -OCH3 is 1. The van der Waals surface area contributed by atoms with Gasteiger partial charge in [-0.1, -0.05) is 38.1 Å². The van der Waals surface area contributed by atoms with Crippen LogP contribution in [0, 0.1) is 5.82 Å². The van der Waals surface area contributed by atoms with E-state index in [-0.39, 0.29) is 17.9 Å². The number of ether oxygens (including phenoxy) is 1. The van der Waals surface area contributed by atoms with Gasteiger partial charge in [-0.05, 0) is 42.9 Å². The number of likely N-dealkylation sites (tertiary alicyclic amines) is 1. The lowest BCUT2D eigenvalue weighted by atomic mass is 9.95. The summed E-state index contributed by atoms with van der Waals surface area (Å²) in [6, 6.07) is 11.6. The number of halogens is 1. The smallest absolute Gasteiger partial charge is 0.295 e. The summed E-state index contributed by atoms with van der Waals surface area (Å²) in [6.45, 7) is 6.46. The number of nitrogens with zero attached hydrogens (tertiary/aromatic N) is 2. The molecular formula is C24H27FN2O4. The third-order valence-electron chi connectivity index (χ3n) is 5.62. The first-order chi connectivity index (χ1) is 14.9. The normalized spacial score (nSPS) is 18.1. The van der Waals surface area contributed by atoms with Crippen LogP contribution in [0.5, 0.6) is 5.75 Å². The van der Waals surface area contributed by atoms with Gasteiger partial charge in [0.25, 0.3) is 11.7 Å². The highest BCUT2D eigenvalue weighted by molar-refractivity contribution is 6.46. The quantitative estimate of drug-likeness (QED) is 0.397. The van der Waals surface area contributed by atoms with Crippen molar-refractivity contribution in [3.8, 4) is 5.75 Å². The van der Waals surface area contributed by atoms with Gasteiger partial charge in [-0.2, -0.15) is 0 Å². The summed E-state index contributed by atoms with van der Waals surface area (Å²) in [5.41, 5.74) is 0.656. The Morgan fingerprint density at radius 2 is 1.84 bits per heavy atom. The van der Waals surface area contributed by atoms with Gasteiger partial charge < -0.3 is 19.6 Å². The summed E-state index contributed by atoms with van der Waals surface area (Å²) < 4.78 is 19.4. The molecular weight excluding hydrogens is 399 g/mol. The molecule has 0 bridgehead atoms. The highest BCUT2D eigenvalue weighted by Crippen LogP contribution is 2.40. The van der Waals surface area contributed by atoms with Crippen molar-refractivity contribution in [3.05, 3.63) is 71.0 Å². The van der Waals surface area contributed by atoms with Crippen LogP contribution in [0.4, 0.5) is 4.39 Å². The summed E-state index contributed by atoms with van der Waals surface area (Å²) in [5, 5.41) is 11.1. The van der Waals surface area contributed by atoms with E-state index in [0.29, 0.717) is 23.4 Å². The zero-order chi connectivity index (χ0) is 22.5. The van der Waals surface area contributed by atoms with E-state index < -0.39 is 23.5 Å². The Bertz CT molecular complexity index is 1000. The van der Waals surface area contributed by atoms with Crippen LogP contribution in [-0.4, -0.2) is 59.9 Å². The van der Waals surface area contributed by atoms with Crippen molar-refractivity contribution >= 4 is 17.4 Å². The molecule has 1 aliphatic rings. The number of aliphatic hydroxyl groups excluding tert-OH is 1. The predicted octanol–water partition coefficient (Wildman–Crippen LogP) is 3.60. The number of aliphatic hydroxyl groups is 1. The largest absolute Gasteiger partial charge is 0.507 e. The van der Waals surface area contributed by atoms with Crippen LogP contribution in [0.25, 0.3) is 5.76 Å². The van der Waals surface area contributed by atoms with E-state index in [2.05, 4.69) is 4.90 Å². The van der Waals surface area contributed by atoms with Gasteiger partial charge in [-0.15, -0.1) is 0 Å². The molecule has 0 spiro atoms. The molecule has 2 aromatic carbocycles. The lowest BCUT2D eigenvalue weighted by molar-refractivity contribution is -0.140. The van der Waals surface area contributed by atoms with E-state index in [1.54, 1.807) is 30.3 Å². The maximum Gasteiger partial charge on any atom is 0.295 e. The van der Waals surface area contributed by atoms with E-state index in [0.717, 1.165) is 13.1 Å². The number of benzene rings is 2. The topological polar surface area (TPSA) is 70.1 Å². The molecule has 2 aromatic rings. The number of amides is 1. The Labute approximate surface area is 181 Å². The molecule has 1 saturated heterocycles. The Morgan fingerprint density at radius 1 is 1.13 bits per heavy atom. The number of carbonyl (C=O) groups excluding carboxylic acids is 2. The summed E-state index contributed by atoms with van der Waals surface area (Å²) in [5.74, 6) is -1.96. The lowest BCUT2D eigenvalue weighted by Gasteiger charge is -2.28. The van der Waals surface area contributed by atoms with E-state index in [1.807, 2.05) is 13.8 Å². The molecule has 31 heavy (non-hydrogen) atoms. The number of Topliss-reactive ketones (excluding diaryl/α,β-unsaturated/α-hetero) is 1. The molecule has 0 saturated carbocycles. The molecule has 1 unspecified atom stereocenters. The molecule has 7 heteroatoms. The maximum absolute atomic E-state index is 14.0. The Balaban J connectivity index is 2.14. The molecule has 164 valence electrons. The SMILES string of the molecule is CCN(CC)CCN1C(=O)C(=O)/C(=C(/O)c2ccccc2OC)C1c1cccc(F)c1. The third-order valence-corrected chi connectivity index (χ3v) is 5.62. The van der Waals surface area contributed by atoms with E-state index >= 15 is 0 Å². The first kappa shape index (κ1) is 22.5. The number of para-hydroxylation sites is 1. The van der Waals surface area contributed by atoms with E-state index in [4.69, 9.17) is 4.74 Å². The van der Waals surface area contributed by atoms with Crippen LogP contribution in [0.15, 0.2) is 54.1 Å². The van der Waals surface area contributed by atoms with Crippen molar-refractivity contribution in [2.75, 3.05) is 33.3 Å². The molecule has 1 aliphatic heterocycles. The standard InChI is InChI=1S/C24H27FN2O4/c1-4-26(5-2)13-14-27-21(16-9-8-10-17(25)15-16)20(23(29)24(27)30)22(28)18-11-6-7-12-19(18)31-3/h6-12,15,21,28H,4-5,13-14H2,1-3H3/b22-20+. The summed E-state index contributed by atoms with van der Waals surface area (Å²) in [7, 11) is 1.46. The van der Waals surface area contributed by atoms with Gasteiger partial charge in [0.05, 0.1) is 24.3 Å². The number of ketones is 1.